The van der Waals surface area contributed by atoms with Gasteiger partial charge in [0, 0.05) is 22.6 Å². The largest absolute Gasteiger partial charge is 0.478 e. The summed E-state index contributed by atoms with van der Waals surface area (Å²) < 4.78 is 18.2. The maximum absolute atomic E-state index is 13.2. The zero-order valence-corrected chi connectivity index (χ0v) is 31.1. The molecule has 2 aliphatic heterocycles. The number of alkyl carbamates (subject to hydrolysis) is 1. The molecular formula is C44H40N2O9S. The molecule has 56 heavy (non-hydrogen) atoms. The SMILES string of the molecule is O=C(NC1CC(=O)N(Cc2cccc(-c3ccc([C@@H]4O[C@H](CSc5ccccc5C(=O)O)C[C@H](c5ccc(CO)cc5)O4)cc3)c2)C1=O)OCc1ccccc1. The molecule has 0 spiro atoms. The van der Waals surface area contributed by atoms with Crippen molar-refractivity contribution in [2.24, 2.45) is 0 Å². The van der Waals surface area contributed by atoms with Gasteiger partial charge in [0.15, 0.2) is 6.29 Å². The van der Waals surface area contributed by atoms with Gasteiger partial charge in [-0.2, -0.15) is 0 Å². The predicted molar refractivity (Wildman–Crippen MR) is 208 cm³/mol. The first-order valence-corrected chi connectivity index (χ1v) is 19.2. The third-order valence-corrected chi connectivity index (χ3v) is 10.9. The van der Waals surface area contributed by atoms with Crippen LogP contribution in [0.5, 0.6) is 0 Å². The van der Waals surface area contributed by atoms with Gasteiger partial charge in [-0.05, 0) is 51.6 Å². The van der Waals surface area contributed by atoms with Crippen LogP contribution in [0.4, 0.5) is 4.79 Å². The number of amides is 3. The topological polar surface area (TPSA) is 152 Å². The monoisotopic (exact) mass is 772 g/mol. The lowest BCUT2D eigenvalue weighted by Crippen LogP contribution is -2.41. The van der Waals surface area contributed by atoms with E-state index < -0.39 is 30.3 Å². The quantitative estimate of drug-likeness (QED) is 0.0814. The van der Waals surface area contributed by atoms with Crippen LogP contribution < -0.4 is 5.32 Å². The minimum atomic E-state index is -0.996. The highest BCUT2D eigenvalue weighted by atomic mass is 32.2. The standard InChI is InChI=1S/C44H40N2O9S/c47-25-28-13-15-32(16-14-28)38-22-35(27-56-39-12-5-4-11-36(39)42(50)51)54-43(55-38)33-19-17-31(18-20-33)34-10-6-9-30(21-34)24-46-40(48)23-37(41(46)49)45-44(52)53-26-29-7-2-1-3-8-29/h1-21,35,37-38,43,47H,22-27H2,(H,45,52)(H,50,51)/t35-,37?,38+,43+/m0/s1. The predicted octanol–water partition coefficient (Wildman–Crippen LogP) is 7.44. The molecule has 4 atom stereocenters. The van der Waals surface area contributed by atoms with E-state index in [1.165, 1.54) is 11.8 Å². The van der Waals surface area contributed by atoms with Crippen molar-refractivity contribution in [1.29, 1.82) is 0 Å². The van der Waals surface area contributed by atoms with Crippen LogP contribution in [-0.4, -0.2) is 56.9 Å². The number of carboxylic acids is 1. The molecule has 0 radical (unpaired) electrons. The van der Waals surface area contributed by atoms with Crippen molar-refractivity contribution < 1.29 is 43.6 Å². The number of benzene rings is 5. The summed E-state index contributed by atoms with van der Waals surface area (Å²) in [4.78, 5) is 52.1. The Kier molecular flexibility index (Phi) is 12.2. The third kappa shape index (κ3) is 9.35. The molecule has 7 rings (SSSR count). The summed E-state index contributed by atoms with van der Waals surface area (Å²) in [6.07, 6.45) is -1.61. The maximum atomic E-state index is 13.2. The van der Waals surface area contributed by atoms with E-state index in [2.05, 4.69) is 5.32 Å². The average molecular weight is 773 g/mol. The van der Waals surface area contributed by atoms with Crippen molar-refractivity contribution in [3.05, 3.63) is 161 Å². The molecule has 1 unspecified atom stereocenters. The van der Waals surface area contributed by atoms with Crippen LogP contribution in [0.3, 0.4) is 0 Å². The van der Waals surface area contributed by atoms with Crippen LogP contribution in [0, 0.1) is 0 Å². The summed E-state index contributed by atoms with van der Waals surface area (Å²) in [5.41, 5.74) is 6.13. The second-order valence-electron chi connectivity index (χ2n) is 13.6. The fourth-order valence-corrected chi connectivity index (χ4v) is 7.77. The lowest BCUT2D eigenvalue weighted by Gasteiger charge is -2.36. The molecule has 11 nitrogen and oxygen atoms in total. The highest BCUT2D eigenvalue weighted by Gasteiger charge is 2.40. The molecule has 286 valence electrons. The Labute approximate surface area is 328 Å². The number of ether oxygens (including phenoxy) is 3. The number of carbonyl (C=O) groups excluding carboxylic acids is 3. The van der Waals surface area contributed by atoms with Gasteiger partial charge in [0.1, 0.15) is 12.6 Å². The number of aliphatic hydroxyl groups excluding tert-OH is 1. The number of imide groups is 1. The maximum Gasteiger partial charge on any atom is 0.408 e. The number of aromatic carboxylic acids is 1. The molecule has 0 saturated carbocycles. The van der Waals surface area contributed by atoms with Crippen molar-refractivity contribution in [3.8, 4) is 11.1 Å². The highest BCUT2D eigenvalue weighted by molar-refractivity contribution is 7.99. The molecule has 5 aromatic rings. The van der Waals surface area contributed by atoms with Gasteiger partial charge < -0.3 is 29.7 Å². The molecule has 5 aromatic carbocycles. The first-order valence-electron chi connectivity index (χ1n) is 18.2. The summed E-state index contributed by atoms with van der Waals surface area (Å²) in [7, 11) is 0. The number of nitrogens with one attached hydrogen (secondary N) is 1. The van der Waals surface area contributed by atoms with E-state index in [1.54, 1.807) is 18.2 Å². The fraction of sp³-hybridized carbons (Fsp3) is 0.227. The summed E-state index contributed by atoms with van der Waals surface area (Å²) in [6.45, 7) is 0.0447. The fourth-order valence-electron chi connectivity index (χ4n) is 6.71. The molecule has 0 aliphatic carbocycles. The third-order valence-electron chi connectivity index (χ3n) is 9.69. The number of carbonyl (C=O) groups is 4. The lowest BCUT2D eigenvalue weighted by molar-refractivity contribution is -0.245. The van der Waals surface area contributed by atoms with Crippen molar-refractivity contribution in [3.63, 3.8) is 0 Å². The van der Waals surface area contributed by atoms with Gasteiger partial charge >= 0.3 is 12.1 Å². The summed E-state index contributed by atoms with van der Waals surface area (Å²) >= 11 is 1.43. The number of rotatable bonds is 13. The Morgan fingerprint density at radius 1 is 0.786 bits per heavy atom. The Morgan fingerprint density at radius 2 is 1.50 bits per heavy atom. The van der Waals surface area contributed by atoms with Crippen molar-refractivity contribution >= 4 is 35.6 Å². The molecule has 3 amide bonds. The van der Waals surface area contributed by atoms with E-state index in [0.29, 0.717) is 17.1 Å². The minimum absolute atomic E-state index is 0.0477. The van der Waals surface area contributed by atoms with E-state index in [1.807, 2.05) is 109 Å². The molecule has 0 aromatic heterocycles. The van der Waals surface area contributed by atoms with E-state index in [9.17, 15) is 29.4 Å². The van der Waals surface area contributed by atoms with Gasteiger partial charge in [-0.1, -0.05) is 109 Å². The van der Waals surface area contributed by atoms with Gasteiger partial charge in [-0.15, -0.1) is 11.8 Å². The summed E-state index contributed by atoms with van der Waals surface area (Å²) in [5.74, 6) is -1.34. The number of likely N-dealkylation sites (tertiary alicyclic amines) is 1. The molecule has 12 heteroatoms. The van der Waals surface area contributed by atoms with Gasteiger partial charge in [0.05, 0.1) is 37.3 Å². The molecule has 2 fully saturated rings. The summed E-state index contributed by atoms with van der Waals surface area (Å²) in [6, 6.07) is 38.1. The first-order chi connectivity index (χ1) is 27.2. The van der Waals surface area contributed by atoms with Gasteiger partial charge in [0.2, 0.25) is 5.91 Å². The summed E-state index contributed by atoms with van der Waals surface area (Å²) in [5, 5.41) is 21.8. The van der Waals surface area contributed by atoms with Gasteiger partial charge in [0.25, 0.3) is 5.91 Å². The minimum Gasteiger partial charge on any atom is -0.478 e. The molecule has 2 heterocycles. The number of hydrogen-bond donors (Lipinski definition) is 3. The Morgan fingerprint density at radius 3 is 2.25 bits per heavy atom. The molecule has 3 N–H and O–H groups in total. The van der Waals surface area contributed by atoms with E-state index in [0.717, 1.165) is 43.8 Å². The van der Waals surface area contributed by atoms with Crippen LogP contribution in [0.15, 0.2) is 132 Å². The Balaban J connectivity index is 1.01. The zero-order valence-electron chi connectivity index (χ0n) is 30.3. The number of hydrogen-bond acceptors (Lipinski definition) is 9. The first kappa shape index (κ1) is 38.5. The van der Waals surface area contributed by atoms with Crippen LogP contribution in [0.2, 0.25) is 0 Å². The number of thioether (sulfide) groups is 1. The molecule has 2 saturated heterocycles. The zero-order chi connectivity index (χ0) is 39.0. The van der Waals surface area contributed by atoms with Crippen molar-refractivity contribution in [2.45, 2.75) is 62.0 Å². The van der Waals surface area contributed by atoms with Crippen LogP contribution >= 0.6 is 11.8 Å². The van der Waals surface area contributed by atoms with Gasteiger partial charge in [-0.3, -0.25) is 14.5 Å². The number of nitrogens with zero attached hydrogens (tertiary/aromatic N) is 1. The molecular weight excluding hydrogens is 733 g/mol. The van der Waals surface area contributed by atoms with Crippen LogP contribution in [0.25, 0.3) is 11.1 Å². The average Bonchev–Trinajstić information content (AvgIpc) is 3.49. The second-order valence-corrected chi connectivity index (χ2v) is 14.6. The van der Waals surface area contributed by atoms with E-state index in [-0.39, 0.29) is 49.9 Å². The van der Waals surface area contributed by atoms with Crippen LogP contribution in [-0.2, 0) is 43.6 Å². The normalized spacial score (nSPS) is 19.5. The highest BCUT2D eigenvalue weighted by Crippen LogP contribution is 2.40. The second kappa shape index (κ2) is 17.8. The number of carboxylic acid groups (broad SMARTS) is 1. The van der Waals surface area contributed by atoms with Gasteiger partial charge in [-0.25, -0.2) is 9.59 Å². The van der Waals surface area contributed by atoms with Crippen molar-refractivity contribution in [2.75, 3.05) is 5.75 Å². The Hall–Kier alpha value is -5.79. The lowest BCUT2D eigenvalue weighted by atomic mass is 9.99. The molecule has 2 aliphatic rings. The molecule has 0 bridgehead atoms. The smallest absolute Gasteiger partial charge is 0.408 e. The Bertz CT molecular complexity index is 2180. The van der Waals surface area contributed by atoms with Crippen molar-refractivity contribution in [1.82, 2.24) is 10.2 Å². The van der Waals surface area contributed by atoms with Crippen LogP contribution in [0.1, 0.15) is 63.4 Å². The van der Waals surface area contributed by atoms with E-state index >= 15 is 0 Å². The van der Waals surface area contributed by atoms with E-state index in [4.69, 9.17) is 14.2 Å². The number of aliphatic hydroxyl groups is 1.